The first-order valence-electron chi connectivity index (χ1n) is 13.7. The Kier molecular flexibility index (Phi) is 5.03. The fraction of sp³-hybridized carbons (Fsp3) is 0.900. The van der Waals surface area contributed by atoms with E-state index >= 15 is 0 Å². The van der Waals surface area contributed by atoms with Gasteiger partial charge in [-0.3, -0.25) is 4.79 Å². The molecule has 5 rings (SSSR count). The van der Waals surface area contributed by atoms with E-state index in [0.29, 0.717) is 36.1 Å². The Bertz CT molecular complexity index is 840. The number of Topliss-reactive ketones (excluding diaryl/α,β-unsaturated/α-hetero) is 1. The van der Waals surface area contributed by atoms with Crippen LogP contribution >= 0.6 is 0 Å². The van der Waals surface area contributed by atoms with Gasteiger partial charge in [0.15, 0.2) is 0 Å². The second-order valence-corrected chi connectivity index (χ2v) is 14.4. The average Bonchev–Trinajstić information content (AvgIpc) is 2.73. The molecular weight excluding hydrogens is 392 g/mol. The summed E-state index contributed by atoms with van der Waals surface area (Å²) in [5.41, 5.74) is 2.40. The number of hydrogen-bond acceptors (Lipinski definition) is 2. The number of ketones is 1. The van der Waals surface area contributed by atoms with Crippen molar-refractivity contribution in [2.24, 2.45) is 56.7 Å². The van der Waals surface area contributed by atoms with Gasteiger partial charge in [0.1, 0.15) is 5.78 Å². The number of fused-ring (bicyclic) bond motifs is 7. The lowest BCUT2D eigenvalue weighted by Gasteiger charge is -2.70. The molecule has 0 spiro atoms. The first kappa shape index (κ1) is 23.1. The zero-order valence-corrected chi connectivity index (χ0v) is 21.9. The summed E-state index contributed by atoms with van der Waals surface area (Å²) >= 11 is 0. The van der Waals surface area contributed by atoms with Gasteiger partial charge in [0, 0.05) is 23.9 Å². The van der Waals surface area contributed by atoms with Crippen molar-refractivity contribution in [3.63, 3.8) is 0 Å². The van der Waals surface area contributed by atoms with E-state index in [4.69, 9.17) is 0 Å². The molecule has 0 aromatic carbocycles. The van der Waals surface area contributed by atoms with Gasteiger partial charge in [-0.2, -0.15) is 0 Å². The van der Waals surface area contributed by atoms with Gasteiger partial charge in [-0.05, 0) is 97.2 Å². The normalized spacial score (nSPS) is 54.6. The van der Waals surface area contributed by atoms with Gasteiger partial charge in [0.2, 0.25) is 0 Å². The lowest BCUT2D eigenvalue weighted by atomic mass is 9.34. The van der Waals surface area contributed by atoms with Crippen molar-refractivity contribution >= 4 is 5.78 Å². The van der Waals surface area contributed by atoms with Crippen molar-refractivity contribution in [3.05, 3.63) is 11.6 Å². The number of aliphatic hydroxyl groups is 1. The van der Waals surface area contributed by atoms with Crippen molar-refractivity contribution in [2.45, 2.75) is 106 Å². The molecule has 1 N–H and O–H groups in total. The number of rotatable bonds is 1. The number of aliphatic hydroxyl groups excluding tert-OH is 1. The molecule has 2 nitrogen and oxygen atoms in total. The van der Waals surface area contributed by atoms with E-state index in [1.807, 2.05) is 0 Å². The molecule has 180 valence electrons. The van der Waals surface area contributed by atoms with Gasteiger partial charge in [-0.1, -0.05) is 60.1 Å². The molecule has 0 aromatic heterocycles. The third-order valence-corrected chi connectivity index (χ3v) is 12.9. The van der Waals surface area contributed by atoms with Crippen molar-refractivity contribution in [1.29, 1.82) is 0 Å². The number of hydrogen-bond donors (Lipinski definition) is 1. The minimum atomic E-state index is -0.171. The van der Waals surface area contributed by atoms with E-state index in [9.17, 15) is 9.90 Å². The lowest BCUT2D eigenvalue weighted by Crippen LogP contribution is -2.63. The molecule has 0 aromatic rings. The monoisotopic (exact) mass is 440 g/mol. The molecule has 0 heterocycles. The van der Waals surface area contributed by atoms with E-state index in [0.717, 1.165) is 25.2 Å². The summed E-state index contributed by atoms with van der Waals surface area (Å²) in [6.45, 7) is 17.5. The molecule has 0 saturated heterocycles. The molecule has 32 heavy (non-hydrogen) atoms. The van der Waals surface area contributed by atoms with Gasteiger partial charge in [0.05, 0.1) is 0 Å². The summed E-state index contributed by atoms with van der Waals surface area (Å²) in [6, 6.07) is 0. The summed E-state index contributed by atoms with van der Waals surface area (Å²) in [5.74, 6) is 3.71. The van der Waals surface area contributed by atoms with Gasteiger partial charge >= 0.3 is 0 Å². The van der Waals surface area contributed by atoms with Crippen LogP contribution < -0.4 is 0 Å². The third-order valence-electron chi connectivity index (χ3n) is 12.9. The van der Waals surface area contributed by atoms with Crippen LogP contribution in [0, 0.1) is 56.7 Å². The highest BCUT2D eigenvalue weighted by Gasteiger charge is 2.67. The Labute approximate surface area is 197 Å². The highest BCUT2D eigenvalue weighted by molar-refractivity contribution is 5.85. The molecule has 9 atom stereocenters. The summed E-state index contributed by atoms with van der Waals surface area (Å²) in [6.07, 6.45) is 13.0. The highest BCUT2D eigenvalue weighted by atomic mass is 16.3. The molecule has 4 fully saturated rings. The summed E-state index contributed by atoms with van der Waals surface area (Å²) < 4.78 is 0. The second kappa shape index (κ2) is 6.96. The number of allylic oxidation sites excluding steroid dienone is 2. The number of carbonyl (C=O) groups excluding carboxylic acids is 1. The highest BCUT2D eigenvalue weighted by Crippen LogP contribution is 2.74. The molecule has 5 aliphatic rings. The van der Waals surface area contributed by atoms with Crippen molar-refractivity contribution in [2.75, 3.05) is 6.61 Å². The molecule has 2 heteroatoms. The van der Waals surface area contributed by atoms with Crippen molar-refractivity contribution < 1.29 is 9.90 Å². The Morgan fingerprint density at radius 1 is 0.906 bits per heavy atom. The lowest BCUT2D eigenvalue weighted by molar-refractivity contribution is -0.173. The van der Waals surface area contributed by atoms with E-state index in [1.54, 1.807) is 5.57 Å². The zero-order chi connectivity index (χ0) is 23.3. The van der Waals surface area contributed by atoms with E-state index in [1.165, 1.54) is 38.5 Å². The second-order valence-electron chi connectivity index (χ2n) is 14.4. The van der Waals surface area contributed by atoms with Crippen LogP contribution in [0.5, 0.6) is 0 Å². The summed E-state index contributed by atoms with van der Waals surface area (Å²) in [7, 11) is 0. The zero-order valence-electron chi connectivity index (χ0n) is 21.9. The quantitative estimate of drug-likeness (QED) is 0.438. The number of carbonyl (C=O) groups is 1. The smallest absolute Gasteiger partial charge is 0.138 e. The van der Waals surface area contributed by atoms with Crippen molar-refractivity contribution in [3.8, 4) is 0 Å². The molecule has 0 bridgehead atoms. The predicted molar refractivity (Wildman–Crippen MR) is 131 cm³/mol. The Hall–Kier alpha value is -0.630. The first-order chi connectivity index (χ1) is 14.9. The van der Waals surface area contributed by atoms with Gasteiger partial charge in [0.25, 0.3) is 0 Å². The van der Waals surface area contributed by atoms with Crippen LogP contribution in [0.15, 0.2) is 11.6 Å². The summed E-state index contributed by atoms with van der Waals surface area (Å²) in [5, 5.41) is 10.7. The predicted octanol–water partition coefficient (Wildman–Crippen LogP) is 7.21. The Morgan fingerprint density at radius 2 is 1.56 bits per heavy atom. The maximum atomic E-state index is 12.9. The molecule has 4 saturated carbocycles. The molecule has 0 amide bonds. The largest absolute Gasteiger partial charge is 0.396 e. The Balaban J connectivity index is 1.59. The van der Waals surface area contributed by atoms with E-state index < -0.39 is 0 Å². The molecule has 0 unspecified atom stereocenters. The molecule has 5 aliphatic carbocycles. The van der Waals surface area contributed by atoms with Gasteiger partial charge in [-0.15, -0.1) is 0 Å². The van der Waals surface area contributed by atoms with E-state index in [-0.39, 0.29) is 27.1 Å². The molecule has 0 radical (unpaired) electrons. The minimum absolute atomic E-state index is 0.0910. The fourth-order valence-corrected chi connectivity index (χ4v) is 11.2. The summed E-state index contributed by atoms with van der Waals surface area (Å²) in [4.78, 5) is 12.9. The minimum Gasteiger partial charge on any atom is -0.396 e. The van der Waals surface area contributed by atoms with Crippen LogP contribution in [0.3, 0.4) is 0 Å². The van der Waals surface area contributed by atoms with E-state index in [2.05, 4.69) is 54.5 Å². The SMILES string of the molecule is C[C@@H]1[C@H](C)CC[C@]2(CO)CC=C3[C@]4(C)CC[C@@H]5C(C)(C)C(=O)CC[C@@]5(C)[C@H]4CC[C@@]3(C)[C@@H]12. The maximum absolute atomic E-state index is 12.9. The first-order valence-corrected chi connectivity index (χ1v) is 13.7. The Morgan fingerprint density at radius 3 is 2.25 bits per heavy atom. The van der Waals surface area contributed by atoms with Crippen molar-refractivity contribution in [1.82, 2.24) is 0 Å². The van der Waals surface area contributed by atoms with Crippen LogP contribution in [0.25, 0.3) is 0 Å². The van der Waals surface area contributed by atoms with Crippen LogP contribution in [-0.4, -0.2) is 17.5 Å². The van der Waals surface area contributed by atoms with Crippen LogP contribution in [-0.2, 0) is 4.79 Å². The van der Waals surface area contributed by atoms with Gasteiger partial charge in [-0.25, -0.2) is 0 Å². The van der Waals surface area contributed by atoms with Gasteiger partial charge < -0.3 is 5.11 Å². The third kappa shape index (κ3) is 2.65. The fourth-order valence-electron chi connectivity index (χ4n) is 11.2. The standard InChI is InChI=1S/C30H48O2/c1-19-8-16-30(18-31)17-11-23-28(6)13-9-21-26(3,4)24(32)12-15-27(21,5)22(28)10-14-29(23,7)25(30)20(19)2/h11,19-22,25,31H,8-10,12-18H2,1-7H3/t19-,20-,21-,22-,25-,27-,28-,29-,30-/m1/s1. The topological polar surface area (TPSA) is 37.3 Å². The molecular formula is C30H48O2. The molecule has 0 aliphatic heterocycles. The van der Waals surface area contributed by atoms with Crippen LogP contribution in [0.1, 0.15) is 106 Å². The maximum Gasteiger partial charge on any atom is 0.138 e. The van der Waals surface area contributed by atoms with Crippen LogP contribution in [0.2, 0.25) is 0 Å². The average molecular weight is 441 g/mol. The van der Waals surface area contributed by atoms with Crippen LogP contribution in [0.4, 0.5) is 0 Å².